The van der Waals surface area contributed by atoms with Gasteiger partial charge in [-0.3, -0.25) is 0 Å². The van der Waals surface area contributed by atoms with Crippen molar-refractivity contribution in [2.75, 3.05) is 6.61 Å². The first kappa shape index (κ1) is 13.7. The molecule has 0 bridgehead atoms. The molecule has 0 saturated carbocycles. The standard InChI is InChI=1S/C10H12O2.BrH.Zn/c1-3-12-10(11)9-6-4-8(2)5-7-9;;/h4-7,11H,2-3H2,1H3;1H;/q;;+2/p-2. The SMILES string of the molecule is C=c1ccc(=C([O-])OCC)cc1.[Zn+][Br]. The predicted octanol–water partition coefficient (Wildman–Crippen LogP) is 0.402. The van der Waals surface area contributed by atoms with E-state index < -0.39 is 0 Å². The number of rotatable bonds is 2. The van der Waals surface area contributed by atoms with Crippen LogP contribution >= 0.6 is 13.6 Å². The summed E-state index contributed by atoms with van der Waals surface area (Å²) >= 11 is 4.25. The van der Waals surface area contributed by atoms with E-state index in [0.29, 0.717) is 11.8 Å². The Hall–Kier alpha value is -0.337. The molecule has 1 aromatic rings. The van der Waals surface area contributed by atoms with E-state index in [4.69, 9.17) is 4.74 Å². The van der Waals surface area contributed by atoms with Crippen molar-refractivity contribution in [1.29, 1.82) is 0 Å². The summed E-state index contributed by atoms with van der Waals surface area (Å²) in [5.41, 5.74) is 0. The molecule has 14 heavy (non-hydrogen) atoms. The summed E-state index contributed by atoms with van der Waals surface area (Å²) < 4.78 is 4.81. The Morgan fingerprint density at radius 2 is 1.93 bits per heavy atom. The molecule has 0 atom stereocenters. The molecule has 0 fully saturated rings. The van der Waals surface area contributed by atoms with Crippen LogP contribution < -0.4 is 15.5 Å². The van der Waals surface area contributed by atoms with Gasteiger partial charge in [0.05, 0.1) is 5.95 Å². The molecule has 0 radical (unpaired) electrons. The molecule has 0 aliphatic heterocycles. The second-order valence-electron chi connectivity index (χ2n) is 2.42. The Labute approximate surface area is 100 Å². The molecule has 0 amide bonds. The number of halogens is 1. The number of hydrogen-bond acceptors (Lipinski definition) is 2. The average molecular weight is 308 g/mol. The quantitative estimate of drug-likeness (QED) is 0.741. The number of benzene rings is 1. The van der Waals surface area contributed by atoms with Gasteiger partial charge in [0.2, 0.25) is 0 Å². The van der Waals surface area contributed by atoms with Gasteiger partial charge in [0.1, 0.15) is 0 Å². The Morgan fingerprint density at radius 3 is 2.36 bits per heavy atom. The normalized spacial score (nSPS) is 8.57. The van der Waals surface area contributed by atoms with Gasteiger partial charge in [0, 0.05) is 0 Å². The molecule has 0 aliphatic rings. The van der Waals surface area contributed by atoms with E-state index in [2.05, 4.69) is 20.2 Å². The third kappa shape index (κ3) is 4.78. The van der Waals surface area contributed by atoms with Gasteiger partial charge in [-0.2, -0.15) is 0 Å². The van der Waals surface area contributed by atoms with Crippen LogP contribution in [-0.2, 0) is 21.1 Å². The van der Waals surface area contributed by atoms with Gasteiger partial charge in [0.25, 0.3) is 0 Å². The van der Waals surface area contributed by atoms with Gasteiger partial charge in [-0.25, -0.2) is 0 Å². The first-order chi connectivity index (χ1) is 6.74. The molecule has 0 aliphatic carbocycles. The summed E-state index contributed by atoms with van der Waals surface area (Å²) in [4.78, 5) is 0. The molecule has 1 aromatic carbocycles. The van der Waals surface area contributed by atoms with Crippen molar-refractivity contribution in [1.82, 2.24) is 0 Å². The summed E-state index contributed by atoms with van der Waals surface area (Å²) in [6.45, 7) is 5.91. The zero-order valence-electron chi connectivity index (χ0n) is 8.13. The van der Waals surface area contributed by atoms with Crippen molar-refractivity contribution in [3.05, 3.63) is 34.7 Å². The second-order valence-corrected chi connectivity index (χ2v) is 2.42. The van der Waals surface area contributed by atoms with Gasteiger partial charge in [0.15, 0.2) is 0 Å². The minimum atomic E-state index is -0.280. The van der Waals surface area contributed by atoms with Crippen LogP contribution in [0, 0.1) is 0 Å². The molecule has 0 unspecified atom stereocenters. The van der Waals surface area contributed by atoms with Gasteiger partial charge in [-0.15, -0.1) is 0 Å². The second kappa shape index (κ2) is 8.01. The number of ether oxygens (including phenoxy) is 1. The third-order valence-electron chi connectivity index (χ3n) is 1.47. The molecule has 0 saturated heterocycles. The van der Waals surface area contributed by atoms with E-state index in [1.807, 2.05) is 0 Å². The van der Waals surface area contributed by atoms with Crippen LogP contribution in [-0.4, -0.2) is 6.61 Å². The Morgan fingerprint density at radius 1 is 1.43 bits per heavy atom. The van der Waals surface area contributed by atoms with Gasteiger partial charge >= 0.3 is 30.0 Å². The molecule has 0 N–H and O–H groups in total. The van der Waals surface area contributed by atoms with E-state index in [1.165, 1.54) is 16.3 Å². The van der Waals surface area contributed by atoms with Crippen molar-refractivity contribution in [2.45, 2.75) is 6.92 Å². The first-order valence-electron chi connectivity index (χ1n) is 4.10. The molecule has 0 heterocycles. The Balaban J connectivity index is 0.000000791. The van der Waals surface area contributed by atoms with Crippen LogP contribution in [0.1, 0.15) is 6.92 Å². The van der Waals surface area contributed by atoms with Crippen LogP contribution in [0.25, 0.3) is 12.5 Å². The van der Waals surface area contributed by atoms with Crippen LogP contribution in [0.4, 0.5) is 0 Å². The van der Waals surface area contributed by atoms with Crippen molar-refractivity contribution in [3.63, 3.8) is 0 Å². The molecule has 0 spiro atoms. The van der Waals surface area contributed by atoms with Crippen molar-refractivity contribution in [3.8, 4) is 0 Å². The van der Waals surface area contributed by atoms with E-state index in [0.717, 1.165) is 5.22 Å². The fraction of sp³-hybridized carbons (Fsp3) is 0.200. The van der Waals surface area contributed by atoms with Gasteiger partial charge < -0.3 is 9.84 Å². The minimum absolute atomic E-state index is 0.280. The van der Waals surface area contributed by atoms with E-state index in [1.54, 1.807) is 31.2 Å². The molecule has 2 nitrogen and oxygen atoms in total. The predicted molar refractivity (Wildman–Crippen MR) is 55.2 cm³/mol. The number of hydrogen-bond donors (Lipinski definition) is 0. The summed E-state index contributed by atoms with van der Waals surface area (Å²) in [5.74, 6) is -0.280. The zero-order chi connectivity index (χ0) is 11.0. The summed E-state index contributed by atoms with van der Waals surface area (Å²) in [6, 6.07) is 6.99. The van der Waals surface area contributed by atoms with Gasteiger partial charge in [-0.05, 0) is 17.0 Å². The Kier molecular flexibility index (Phi) is 7.82. The van der Waals surface area contributed by atoms with Crippen molar-refractivity contribution >= 4 is 26.1 Å². The summed E-state index contributed by atoms with van der Waals surface area (Å²) in [5, 5.41) is 12.6. The third-order valence-corrected chi connectivity index (χ3v) is 1.47. The van der Waals surface area contributed by atoms with Crippen molar-refractivity contribution < 1.29 is 26.2 Å². The van der Waals surface area contributed by atoms with E-state index >= 15 is 0 Å². The van der Waals surface area contributed by atoms with Crippen molar-refractivity contribution in [2.24, 2.45) is 0 Å². The monoisotopic (exact) mass is 306 g/mol. The molecular formula is C10H11BrO2Zn. The summed E-state index contributed by atoms with van der Waals surface area (Å²) in [6.07, 6.45) is 0. The van der Waals surface area contributed by atoms with Crippen LogP contribution in [0.5, 0.6) is 0 Å². The topological polar surface area (TPSA) is 32.3 Å². The van der Waals surface area contributed by atoms with Crippen LogP contribution in [0.2, 0.25) is 0 Å². The molecular weight excluding hydrogens is 297 g/mol. The van der Waals surface area contributed by atoms with Crippen LogP contribution in [0.15, 0.2) is 24.3 Å². The Bertz CT molecular complexity index is 341. The molecule has 1 rings (SSSR count). The summed E-state index contributed by atoms with van der Waals surface area (Å²) in [7, 11) is 0. The van der Waals surface area contributed by atoms with Gasteiger partial charge in [-0.1, -0.05) is 37.8 Å². The zero-order valence-corrected chi connectivity index (χ0v) is 12.7. The fourth-order valence-electron chi connectivity index (χ4n) is 0.855. The first-order valence-corrected chi connectivity index (χ1v) is 11.0. The van der Waals surface area contributed by atoms with E-state index in [9.17, 15) is 5.11 Å². The van der Waals surface area contributed by atoms with Crippen LogP contribution in [0.3, 0.4) is 0 Å². The van der Waals surface area contributed by atoms with E-state index in [-0.39, 0.29) is 5.95 Å². The average Bonchev–Trinajstić information content (AvgIpc) is 2.22. The molecule has 72 valence electrons. The molecule has 4 heteroatoms. The molecule has 0 aromatic heterocycles. The maximum absolute atomic E-state index is 11.1. The maximum atomic E-state index is 11.1. The fourth-order valence-corrected chi connectivity index (χ4v) is 0.855.